The summed E-state index contributed by atoms with van der Waals surface area (Å²) in [6, 6.07) is 6.19. The number of carbonyl (C=O) groups is 2. The molecule has 0 radical (unpaired) electrons. The Morgan fingerprint density at radius 1 is 1.07 bits per heavy atom. The number of carboxylic acid groups (broad SMARTS) is 1. The molecule has 2 amide bonds. The highest BCUT2D eigenvalue weighted by Crippen LogP contribution is 2.33. The molecule has 2 aromatic rings. The molecular weight excluding hydrogens is 415 g/mol. The fourth-order valence-corrected chi connectivity index (χ4v) is 2.96. The number of nitrogens with one attached hydrogen (secondary N) is 1. The van der Waals surface area contributed by atoms with Gasteiger partial charge in [-0.05, 0) is 24.3 Å². The van der Waals surface area contributed by atoms with E-state index in [1.54, 1.807) is 29.2 Å². The van der Waals surface area contributed by atoms with Gasteiger partial charge in [-0.2, -0.15) is 13.2 Å². The second-order valence-corrected chi connectivity index (χ2v) is 6.52. The summed E-state index contributed by atoms with van der Waals surface area (Å²) in [5, 5.41) is 10.9. The molecule has 1 aliphatic heterocycles. The summed E-state index contributed by atoms with van der Waals surface area (Å²) < 4.78 is 38.1. The molecule has 0 aliphatic carbocycles. The lowest BCUT2D eigenvalue weighted by molar-refractivity contribution is -0.137. The van der Waals surface area contributed by atoms with Crippen LogP contribution in [0.1, 0.15) is 15.9 Å². The van der Waals surface area contributed by atoms with E-state index in [1.165, 1.54) is 4.90 Å². The van der Waals surface area contributed by atoms with E-state index in [4.69, 9.17) is 16.7 Å². The minimum absolute atomic E-state index is 0.119. The zero-order valence-corrected chi connectivity index (χ0v) is 15.5. The second-order valence-electron chi connectivity index (χ2n) is 6.16. The summed E-state index contributed by atoms with van der Waals surface area (Å²) >= 11 is 5.56. The van der Waals surface area contributed by atoms with Gasteiger partial charge >= 0.3 is 12.3 Å². The summed E-state index contributed by atoms with van der Waals surface area (Å²) in [6.07, 6.45) is -5.07. The predicted octanol–water partition coefficient (Wildman–Crippen LogP) is 3.33. The maximum atomic E-state index is 12.7. The fraction of sp³-hybridized carbons (Fsp3) is 0.294. The molecule has 1 saturated heterocycles. The number of rotatable bonds is 3. The standard InChI is InChI=1S/C17H15ClF3N5O3/c18-13-12(17(19,20)21)9-22-15(24-13)23-11-3-1-10(2-4-11)14(27)25-5-7-26(8-6-25)16(28)29/h1-4,9H,5-8H2,(H,28,29)(H,22,23,24). The molecule has 0 atom stereocenters. The van der Waals surface area contributed by atoms with Gasteiger partial charge in [-0.25, -0.2) is 14.8 Å². The Balaban J connectivity index is 1.64. The quantitative estimate of drug-likeness (QED) is 0.726. The van der Waals surface area contributed by atoms with Gasteiger partial charge in [-0.15, -0.1) is 0 Å². The van der Waals surface area contributed by atoms with Crippen molar-refractivity contribution in [1.29, 1.82) is 0 Å². The highest BCUT2D eigenvalue weighted by Gasteiger charge is 2.34. The largest absolute Gasteiger partial charge is 0.465 e. The molecular formula is C17H15ClF3N5O3. The first-order valence-electron chi connectivity index (χ1n) is 8.39. The summed E-state index contributed by atoms with van der Waals surface area (Å²) in [7, 11) is 0. The van der Waals surface area contributed by atoms with Crippen LogP contribution in [0, 0.1) is 0 Å². The Hall–Kier alpha value is -3.08. The van der Waals surface area contributed by atoms with Crippen molar-refractivity contribution in [3.63, 3.8) is 0 Å². The van der Waals surface area contributed by atoms with Crippen LogP contribution in [-0.4, -0.2) is 63.1 Å². The van der Waals surface area contributed by atoms with Crippen LogP contribution in [0.15, 0.2) is 30.5 Å². The first-order valence-corrected chi connectivity index (χ1v) is 8.77. The first kappa shape index (κ1) is 20.6. The van der Waals surface area contributed by atoms with Crippen LogP contribution < -0.4 is 5.32 Å². The zero-order chi connectivity index (χ0) is 21.2. The van der Waals surface area contributed by atoms with E-state index in [2.05, 4.69) is 15.3 Å². The van der Waals surface area contributed by atoms with Crippen molar-refractivity contribution in [2.45, 2.75) is 6.18 Å². The van der Waals surface area contributed by atoms with Crippen LogP contribution in [0.25, 0.3) is 0 Å². The van der Waals surface area contributed by atoms with Gasteiger partial charge in [-0.1, -0.05) is 11.6 Å². The van der Waals surface area contributed by atoms with E-state index in [0.717, 1.165) is 0 Å². The van der Waals surface area contributed by atoms with Crippen molar-refractivity contribution in [3.05, 3.63) is 46.7 Å². The van der Waals surface area contributed by atoms with Crippen LogP contribution in [0.5, 0.6) is 0 Å². The van der Waals surface area contributed by atoms with Gasteiger partial charge in [0.2, 0.25) is 5.95 Å². The van der Waals surface area contributed by atoms with E-state index < -0.39 is 23.0 Å². The Morgan fingerprint density at radius 2 is 1.66 bits per heavy atom. The first-order chi connectivity index (χ1) is 13.6. The molecule has 154 valence electrons. The molecule has 0 unspecified atom stereocenters. The van der Waals surface area contributed by atoms with Crippen molar-refractivity contribution in [2.24, 2.45) is 0 Å². The highest BCUT2D eigenvalue weighted by molar-refractivity contribution is 6.30. The summed E-state index contributed by atoms with van der Waals surface area (Å²) in [6.45, 7) is 1.07. The van der Waals surface area contributed by atoms with Crippen molar-refractivity contribution < 1.29 is 27.9 Å². The number of benzene rings is 1. The van der Waals surface area contributed by atoms with Gasteiger partial charge in [0, 0.05) is 43.6 Å². The third kappa shape index (κ3) is 4.86. The number of hydrogen-bond acceptors (Lipinski definition) is 5. The molecule has 2 N–H and O–H groups in total. The number of hydrogen-bond donors (Lipinski definition) is 2. The SMILES string of the molecule is O=C(O)N1CCN(C(=O)c2ccc(Nc3ncc(C(F)(F)F)c(Cl)n3)cc2)CC1. The smallest absolute Gasteiger partial charge is 0.420 e. The Kier molecular flexibility index (Phi) is 5.78. The second kappa shape index (κ2) is 8.11. The topological polar surface area (TPSA) is 98.7 Å². The van der Waals surface area contributed by atoms with E-state index >= 15 is 0 Å². The fourth-order valence-electron chi connectivity index (χ4n) is 2.72. The van der Waals surface area contributed by atoms with Crippen LogP contribution >= 0.6 is 11.6 Å². The van der Waals surface area contributed by atoms with Gasteiger partial charge in [0.15, 0.2) is 0 Å². The lowest BCUT2D eigenvalue weighted by Crippen LogP contribution is -2.50. The minimum Gasteiger partial charge on any atom is -0.465 e. The van der Waals surface area contributed by atoms with Crippen molar-refractivity contribution >= 4 is 35.2 Å². The summed E-state index contributed by atoms with van der Waals surface area (Å²) in [4.78, 5) is 33.4. The number of nitrogens with zero attached hydrogens (tertiary/aromatic N) is 4. The Morgan fingerprint density at radius 3 is 2.17 bits per heavy atom. The minimum atomic E-state index is -4.65. The number of anilines is 2. The Labute approximate surface area is 167 Å². The third-order valence-corrected chi connectivity index (χ3v) is 4.56. The van der Waals surface area contributed by atoms with E-state index in [1.807, 2.05) is 0 Å². The molecule has 0 spiro atoms. The molecule has 1 aromatic carbocycles. The molecule has 8 nitrogen and oxygen atoms in total. The van der Waals surface area contributed by atoms with Gasteiger partial charge in [-0.3, -0.25) is 4.79 Å². The Bertz CT molecular complexity index is 916. The number of piperazine rings is 1. The van der Waals surface area contributed by atoms with E-state index in [-0.39, 0.29) is 24.9 Å². The average molecular weight is 430 g/mol. The molecule has 3 rings (SSSR count). The number of alkyl halides is 3. The normalized spacial score (nSPS) is 14.6. The predicted molar refractivity (Wildman–Crippen MR) is 97.3 cm³/mol. The zero-order valence-electron chi connectivity index (χ0n) is 14.8. The molecule has 1 aromatic heterocycles. The maximum Gasteiger partial charge on any atom is 0.420 e. The number of carbonyl (C=O) groups excluding carboxylic acids is 1. The molecule has 12 heteroatoms. The molecule has 29 heavy (non-hydrogen) atoms. The summed E-state index contributed by atoms with van der Waals surface area (Å²) in [5.74, 6) is -0.359. The monoisotopic (exact) mass is 429 g/mol. The third-order valence-electron chi connectivity index (χ3n) is 4.27. The summed E-state index contributed by atoms with van der Waals surface area (Å²) in [5.41, 5.74) is -0.285. The van der Waals surface area contributed by atoms with Crippen LogP contribution in [-0.2, 0) is 6.18 Å². The van der Waals surface area contributed by atoms with Crippen LogP contribution in [0.3, 0.4) is 0 Å². The molecule has 2 heterocycles. The van der Waals surface area contributed by atoms with Crippen molar-refractivity contribution in [2.75, 3.05) is 31.5 Å². The molecule has 0 saturated carbocycles. The lowest BCUT2D eigenvalue weighted by Gasteiger charge is -2.33. The van der Waals surface area contributed by atoms with E-state index in [9.17, 15) is 22.8 Å². The van der Waals surface area contributed by atoms with Crippen molar-refractivity contribution in [1.82, 2.24) is 19.8 Å². The van der Waals surface area contributed by atoms with Gasteiger partial charge < -0.3 is 20.2 Å². The van der Waals surface area contributed by atoms with Gasteiger partial charge in [0.1, 0.15) is 10.7 Å². The lowest BCUT2D eigenvalue weighted by atomic mass is 10.1. The maximum absolute atomic E-state index is 12.7. The van der Waals surface area contributed by atoms with Crippen LogP contribution in [0.4, 0.5) is 29.6 Å². The highest BCUT2D eigenvalue weighted by atomic mass is 35.5. The van der Waals surface area contributed by atoms with Gasteiger partial charge in [0.05, 0.1) is 0 Å². The molecule has 1 fully saturated rings. The average Bonchev–Trinajstić information content (AvgIpc) is 2.67. The van der Waals surface area contributed by atoms with E-state index in [0.29, 0.717) is 30.5 Å². The molecule has 0 bridgehead atoms. The number of amides is 2. The molecule has 1 aliphatic rings. The van der Waals surface area contributed by atoms with Crippen molar-refractivity contribution in [3.8, 4) is 0 Å². The van der Waals surface area contributed by atoms with Gasteiger partial charge in [0.25, 0.3) is 5.91 Å². The number of halogens is 4. The van der Waals surface area contributed by atoms with Crippen LogP contribution in [0.2, 0.25) is 5.15 Å². The number of aromatic nitrogens is 2.